The van der Waals surface area contributed by atoms with Gasteiger partial charge in [0.25, 0.3) is 0 Å². The third kappa shape index (κ3) is 2.19. The second-order valence-electron chi connectivity index (χ2n) is 2.37. The molecule has 3 heteroatoms. The second-order valence-corrected chi connectivity index (χ2v) is 2.37. The van der Waals surface area contributed by atoms with Crippen LogP contribution in [0.5, 0.6) is 0 Å². The van der Waals surface area contributed by atoms with Gasteiger partial charge in [-0.05, 0) is 11.1 Å². The SMILES string of the molecule is Br.Cl.c1ccc2c(c1)CNC2. The molecule has 1 aromatic rings. The summed E-state index contributed by atoms with van der Waals surface area (Å²) in [5, 5.41) is 3.29. The number of hydrogen-bond acceptors (Lipinski definition) is 1. The molecule has 1 aromatic carbocycles. The molecule has 0 unspecified atom stereocenters. The van der Waals surface area contributed by atoms with E-state index in [9.17, 15) is 0 Å². The standard InChI is InChI=1S/C8H9N.BrH.ClH/c1-2-4-8-6-9-5-7(8)3-1;;/h1-4,9H,5-6H2;2*1H. The van der Waals surface area contributed by atoms with Crippen molar-refractivity contribution in [1.29, 1.82) is 0 Å². The molecule has 0 atom stereocenters. The fraction of sp³-hybridized carbons (Fsp3) is 0.250. The molecule has 1 heterocycles. The Morgan fingerprint density at radius 3 is 1.91 bits per heavy atom. The van der Waals surface area contributed by atoms with Crippen LogP contribution < -0.4 is 5.32 Å². The van der Waals surface area contributed by atoms with Crippen LogP contribution in [0.25, 0.3) is 0 Å². The van der Waals surface area contributed by atoms with Crippen LogP contribution in [0.1, 0.15) is 11.1 Å². The van der Waals surface area contributed by atoms with Crippen LogP contribution in [-0.4, -0.2) is 0 Å². The van der Waals surface area contributed by atoms with E-state index in [4.69, 9.17) is 0 Å². The normalized spacial score (nSPS) is 12.7. The van der Waals surface area contributed by atoms with Crippen molar-refractivity contribution in [3.05, 3.63) is 35.4 Å². The average molecular weight is 237 g/mol. The highest BCUT2D eigenvalue weighted by Crippen LogP contribution is 2.12. The Bertz CT molecular complexity index is 204. The summed E-state index contributed by atoms with van der Waals surface area (Å²) in [5.41, 5.74) is 2.91. The molecule has 0 aromatic heterocycles. The van der Waals surface area contributed by atoms with Gasteiger partial charge in [0.15, 0.2) is 0 Å². The van der Waals surface area contributed by atoms with Crippen molar-refractivity contribution in [1.82, 2.24) is 5.32 Å². The lowest BCUT2D eigenvalue weighted by Crippen LogP contribution is -1.99. The summed E-state index contributed by atoms with van der Waals surface area (Å²) in [5.74, 6) is 0. The summed E-state index contributed by atoms with van der Waals surface area (Å²) in [6.07, 6.45) is 0. The first-order valence-electron chi connectivity index (χ1n) is 3.24. The van der Waals surface area contributed by atoms with E-state index in [0.717, 1.165) is 13.1 Å². The molecule has 1 aliphatic rings. The highest BCUT2D eigenvalue weighted by atomic mass is 79.9. The van der Waals surface area contributed by atoms with E-state index < -0.39 is 0 Å². The molecule has 2 rings (SSSR count). The first-order valence-corrected chi connectivity index (χ1v) is 3.24. The van der Waals surface area contributed by atoms with Gasteiger partial charge in [-0.2, -0.15) is 0 Å². The Morgan fingerprint density at radius 1 is 1.00 bits per heavy atom. The van der Waals surface area contributed by atoms with E-state index in [0.29, 0.717) is 0 Å². The van der Waals surface area contributed by atoms with E-state index in [1.54, 1.807) is 0 Å². The van der Waals surface area contributed by atoms with Gasteiger partial charge in [-0.15, -0.1) is 29.4 Å². The molecule has 62 valence electrons. The minimum absolute atomic E-state index is 0. The third-order valence-electron chi connectivity index (χ3n) is 1.75. The van der Waals surface area contributed by atoms with Crippen LogP contribution in [0.2, 0.25) is 0 Å². The topological polar surface area (TPSA) is 12.0 Å². The van der Waals surface area contributed by atoms with Gasteiger partial charge in [-0.3, -0.25) is 0 Å². The lowest BCUT2D eigenvalue weighted by molar-refractivity contribution is 0.765. The van der Waals surface area contributed by atoms with Gasteiger partial charge in [-0.1, -0.05) is 24.3 Å². The van der Waals surface area contributed by atoms with Crippen molar-refractivity contribution in [2.24, 2.45) is 0 Å². The van der Waals surface area contributed by atoms with Crippen molar-refractivity contribution in [3.8, 4) is 0 Å². The fourth-order valence-corrected chi connectivity index (χ4v) is 1.23. The third-order valence-corrected chi connectivity index (χ3v) is 1.75. The van der Waals surface area contributed by atoms with Gasteiger partial charge in [0.1, 0.15) is 0 Å². The van der Waals surface area contributed by atoms with Crippen LogP contribution in [0, 0.1) is 0 Å². The highest BCUT2D eigenvalue weighted by molar-refractivity contribution is 8.93. The molecule has 0 aliphatic carbocycles. The van der Waals surface area contributed by atoms with Crippen molar-refractivity contribution >= 4 is 29.4 Å². The van der Waals surface area contributed by atoms with E-state index in [1.165, 1.54) is 11.1 Å². The number of nitrogens with one attached hydrogen (secondary N) is 1. The molecular weight excluding hydrogens is 225 g/mol. The van der Waals surface area contributed by atoms with E-state index in [2.05, 4.69) is 29.6 Å². The summed E-state index contributed by atoms with van der Waals surface area (Å²) in [6, 6.07) is 8.53. The molecule has 1 N–H and O–H groups in total. The first-order chi connectivity index (χ1) is 4.47. The van der Waals surface area contributed by atoms with Crippen molar-refractivity contribution in [2.45, 2.75) is 13.1 Å². The quantitative estimate of drug-likeness (QED) is 0.729. The molecule has 0 spiro atoms. The molecule has 1 nitrogen and oxygen atoms in total. The summed E-state index contributed by atoms with van der Waals surface area (Å²) in [4.78, 5) is 0. The van der Waals surface area contributed by atoms with Gasteiger partial charge in [0.05, 0.1) is 0 Å². The van der Waals surface area contributed by atoms with Crippen molar-refractivity contribution in [3.63, 3.8) is 0 Å². The molecular formula is C8H11BrClN. The predicted molar refractivity (Wildman–Crippen MR) is 54.6 cm³/mol. The summed E-state index contributed by atoms with van der Waals surface area (Å²) in [7, 11) is 0. The number of benzene rings is 1. The Hall–Kier alpha value is -0.0500. The number of halogens is 2. The van der Waals surface area contributed by atoms with Gasteiger partial charge < -0.3 is 5.32 Å². The largest absolute Gasteiger partial charge is 0.309 e. The van der Waals surface area contributed by atoms with Gasteiger partial charge in [0.2, 0.25) is 0 Å². The van der Waals surface area contributed by atoms with E-state index >= 15 is 0 Å². The second kappa shape index (κ2) is 4.75. The zero-order valence-corrected chi connectivity index (χ0v) is 8.57. The molecule has 0 saturated heterocycles. The maximum Gasteiger partial charge on any atom is 0.0211 e. The molecule has 0 radical (unpaired) electrons. The van der Waals surface area contributed by atoms with Crippen LogP contribution >= 0.6 is 29.4 Å². The summed E-state index contributed by atoms with van der Waals surface area (Å²) < 4.78 is 0. The summed E-state index contributed by atoms with van der Waals surface area (Å²) in [6.45, 7) is 2.10. The monoisotopic (exact) mass is 235 g/mol. The Morgan fingerprint density at radius 2 is 1.45 bits per heavy atom. The molecule has 0 saturated carbocycles. The Labute approximate surface area is 83.4 Å². The van der Waals surface area contributed by atoms with E-state index in [1.807, 2.05) is 0 Å². The minimum atomic E-state index is 0. The lowest BCUT2D eigenvalue weighted by atomic mass is 10.1. The van der Waals surface area contributed by atoms with Crippen LogP contribution in [0.3, 0.4) is 0 Å². The van der Waals surface area contributed by atoms with Gasteiger partial charge >= 0.3 is 0 Å². The Kier molecular flexibility index (Phi) is 4.73. The van der Waals surface area contributed by atoms with Crippen LogP contribution in [0.4, 0.5) is 0 Å². The lowest BCUT2D eigenvalue weighted by Gasteiger charge is -1.91. The van der Waals surface area contributed by atoms with Crippen molar-refractivity contribution in [2.75, 3.05) is 0 Å². The maximum atomic E-state index is 3.29. The van der Waals surface area contributed by atoms with Crippen LogP contribution in [0.15, 0.2) is 24.3 Å². The Balaban J connectivity index is 0.000000500. The molecule has 0 bridgehead atoms. The molecule has 0 amide bonds. The maximum absolute atomic E-state index is 3.29. The number of rotatable bonds is 0. The highest BCUT2D eigenvalue weighted by Gasteiger charge is 2.06. The predicted octanol–water partition coefficient (Wildman–Crippen LogP) is 2.29. The van der Waals surface area contributed by atoms with E-state index in [-0.39, 0.29) is 29.4 Å². The average Bonchev–Trinajstić information content (AvgIpc) is 2.33. The molecule has 1 aliphatic heterocycles. The van der Waals surface area contributed by atoms with Gasteiger partial charge in [0, 0.05) is 13.1 Å². The number of fused-ring (bicyclic) bond motifs is 1. The smallest absolute Gasteiger partial charge is 0.0211 e. The zero-order chi connectivity index (χ0) is 6.10. The zero-order valence-electron chi connectivity index (χ0n) is 6.04. The molecule has 0 fully saturated rings. The first kappa shape index (κ1) is 11.0. The molecule has 11 heavy (non-hydrogen) atoms. The van der Waals surface area contributed by atoms with Crippen LogP contribution in [-0.2, 0) is 13.1 Å². The summed E-state index contributed by atoms with van der Waals surface area (Å²) >= 11 is 0. The van der Waals surface area contributed by atoms with Crippen molar-refractivity contribution < 1.29 is 0 Å². The fourth-order valence-electron chi connectivity index (χ4n) is 1.23. The minimum Gasteiger partial charge on any atom is -0.309 e. The van der Waals surface area contributed by atoms with Gasteiger partial charge in [-0.25, -0.2) is 0 Å². The number of hydrogen-bond donors (Lipinski definition) is 1.